The Morgan fingerprint density at radius 2 is 1.90 bits per heavy atom. The van der Waals surface area contributed by atoms with Crippen LogP contribution in [0.4, 0.5) is 0 Å². The second-order valence-corrected chi connectivity index (χ2v) is 4.96. The molecule has 0 saturated carbocycles. The maximum absolute atomic E-state index is 11.5. The molecule has 0 unspecified atom stereocenters. The van der Waals surface area contributed by atoms with E-state index in [1.165, 1.54) is 6.92 Å². The van der Waals surface area contributed by atoms with Gasteiger partial charge in [0.1, 0.15) is 16.9 Å². The zero-order valence-electron chi connectivity index (χ0n) is 12.0. The van der Waals surface area contributed by atoms with Gasteiger partial charge in [0.2, 0.25) is 0 Å². The maximum Gasteiger partial charge on any atom is 0.309 e. The lowest BCUT2D eigenvalue weighted by Gasteiger charge is -2.20. The predicted molar refractivity (Wildman–Crippen MR) is 77.5 cm³/mol. The summed E-state index contributed by atoms with van der Waals surface area (Å²) in [4.78, 5) is 22.8. The number of carbonyl (C=O) groups is 2. The van der Waals surface area contributed by atoms with Gasteiger partial charge in [0.05, 0.1) is 6.54 Å². The molecule has 1 atom stereocenters. The summed E-state index contributed by atoms with van der Waals surface area (Å²) in [5.74, 6) is -1.17. The molecule has 0 aliphatic rings. The molecular formula is C15H18N2O4. The van der Waals surface area contributed by atoms with Crippen molar-refractivity contribution in [3.8, 4) is 0 Å². The van der Waals surface area contributed by atoms with Gasteiger partial charge < -0.3 is 20.2 Å². The van der Waals surface area contributed by atoms with E-state index in [0.29, 0.717) is 17.9 Å². The van der Waals surface area contributed by atoms with E-state index in [9.17, 15) is 14.7 Å². The van der Waals surface area contributed by atoms with Gasteiger partial charge in [-0.2, -0.15) is 0 Å². The fraction of sp³-hybridized carbons (Fsp3) is 0.333. The zero-order valence-corrected chi connectivity index (χ0v) is 12.0. The molecule has 0 spiro atoms. The van der Waals surface area contributed by atoms with E-state index in [4.69, 9.17) is 4.42 Å². The van der Waals surface area contributed by atoms with Crippen LogP contribution in [-0.4, -0.2) is 30.0 Å². The van der Waals surface area contributed by atoms with E-state index >= 15 is 0 Å². The van der Waals surface area contributed by atoms with E-state index in [1.54, 1.807) is 19.1 Å². The van der Waals surface area contributed by atoms with Crippen molar-refractivity contribution in [3.05, 3.63) is 36.1 Å². The van der Waals surface area contributed by atoms with Crippen LogP contribution in [-0.2, 0) is 15.2 Å². The summed E-state index contributed by atoms with van der Waals surface area (Å²) in [6.45, 7) is 3.48. The number of likely N-dealkylation sites (N-methyl/N-ethyl adjacent to an activating group) is 1. The first kappa shape index (κ1) is 15.1. The second-order valence-electron chi connectivity index (χ2n) is 4.96. The molecule has 1 aromatic heterocycles. The Balaban J connectivity index is 2.07. The van der Waals surface area contributed by atoms with Crippen molar-refractivity contribution in [2.24, 2.45) is 0 Å². The Morgan fingerprint density at radius 1 is 1.24 bits per heavy atom. The van der Waals surface area contributed by atoms with E-state index in [2.05, 4.69) is 10.6 Å². The maximum atomic E-state index is 11.5. The highest BCUT2D eigenvalue weighted by Crippen LogP contribution is 2.27. The molecule has 2 aromatic rings. The third kappa shape index (κ3) is 3.41. The van der Waals surface area contributed by atoms with Crippen molar-refractivity contribution >= 4 is 22.8 Å². The molecule has 2 rings (SSSR count). The lowest BCUT2D eigenvalue weighted by molar-refractivity contribution is -0.139. The average molecular weight is 290 g/mol. The minimum Gasteiger partial charge on any atom is -0.458 e. The molecule has 1 aromatic carbocycles. The molecule has 0 fully saturated rings. The van der Waals surface area contributed by atoms with Gasteiger partial charge in [-0.15, -0.1) is 0 Å². The van der Waals surface area contributed by atoms with Gasteiger partial charge in [-0.1, -0.05) is 18.2 Å². The summed E-state index contributed by atoms with van der Waals surface area (Å²) in [6, 6.07) is 9.08. The lowest BCUT2D eigenvalue weighted by atomic mass is 10.0. The van der Waals surface area contributed by atoms with Crippen LogP contribution in [0.3, 0.4) is 0 Å². The van der Waals surface area contributed by atoms with E-state index in [0.717, 1.165) is 5.39 Å². The Kier molecular flexibility index (Phi) is 4.28. The topological polar surface area (TPSA) is 91.6 Å². The van der Waals surface area contributed by atoms with E-state index in [1.807, 2.05) is 18.2 Å². The highest BCUT2D eigenvalue weighted by atomic mass is 16.4. The van der Waals surface area contributed by atoms with Crippen molar-refractivity contribution in [3.63, 3.8) is 0 Å². The summed E-state index contributed by atoms with van der Waals surface area (Å²) < 4.78 is 5.57. The van der Waals surface area contributed by atoms with Crippen LogP contribution >= 0.6 is 0 Å². The molecule has 6 heteroatoms. The molecule has 0 bridgehead atoms. The number of carbonyl (C=O) groups excluding carboxylic acids is 2. The number of hydrogen-bond donors (Lipinski definition) is 3. The molecule has 3 N–H and O–H groups in total. The number of furan rings is 1. The molecule has 0 aliphatic carbocycles. The summed E-state index contributed by atoms with van der Waals surface area (Å²) >= 11 is 0. The van der Waals surface area contributed by atoms with Crippen LogP contribution in [0.2, 0.25) is 0 Å². The van der Waals surface area contributed by atoms with Crippen LogP contribution in [0.5, 0.6) is 0 Å². The fourth-order valence-electron chi connectivity index (χ4n) is 1.91. The summed E-state index contributed by atoms with van der Waals surface area (Å²) in [6.07, 6.45) is 0. The Labute approximate surface area is 122 Å². The molecule has 2 amide bonds. The molecule has 0 aliphatic heterocycles. The average Bonchev–Trinajstić information content (AvgIpc) is 2.90. The number of nitrogens with one attached hydrogen (secondary N) is 2. The van der Waals surface area contributed by atoms with Crippen molar-refractivity contribution in [2.45, 2.75) is 19.4 Å². The molecule has 1 heterocycles. The number of para-hydroxylation sites is 1. The first-order valence-corrected chi connectivity index (χ1v) is 6.71. The van der Waals surface area contributed by atoms with Crippen LogP contribution in [0.15, 0.2) is 34.7 Å². The van der Waals surface area contributed by atoms with E-state index in [-0.39, 0.29) is 6.54 Å². The smallest absolute Gasteiger partial charge is 0.309 e. The zero-order chi connectivity index (χ0) is 15.5. The second kappa shape index (κ2) is 5.97. The fourth-order valence-corrected chi connectivity index (χ4v) is 1.91. The Bertz CT molecular complexity index is 627. The Hall–Kier alpha value is -2.34. The SMILES string of the molecule is CCNC(=O)C(=O)NC[C@@](C)(O)c1cc2ccccc2o1. The standard InChI is InChI=1S/C15H18N2O4/c1-3-16-13(18)14(19)17-9-15(2,20)12-8-10-6-4-5-7-11(10)21-12/h4-8,20H,3,9H2,1-2H3,(H,16,18)(H,17,19)/t15-/m1/s1. The van der Waals surface area contributed by atoms with Crippen LogP contribution < -0.4 is 10.6 Å². The number of aliphatic hydroxyl groups is 1. The van der Waals surface area contributed by atoms with Crippen molar-refractivity contribution < 1.29 is 19.1 Å². The quantitative estimate of drug-likeness (QED) is 0.729. The first-order valence-electron chi connectivity index (χ1n) is 6.71. The summed E-state index contributed by atoms with van der Waals surface area (Å²) in [7, 11) is 0. The lowest BCUT2D eigenvalue weighted by Crippen LogP contribution is -2.45. The monoisotopic (exact) mass is 290 g/mol. The van der Waals surface area contributed by atoms with Crippen LogP contribution in [0.25, 0.3) is 11.0 Å². The minimum atomic E-state index is -1.40. The van der Waals surface area contributed by atoms with Crippen molar-refractivity contribution in [2.75, 3.05) is 13.1 Å². The summed E-state index contributed by atoms with van der Waals surface area (Å²) in [5, 5.41) is 16.0. The number of benzene rings is 1. The number of amides is 2. The van der Waals surface area contributed by atoms with Gasteiger partial charge in [-0.25, -0.2) is 0 Å². The molecule has 21 heavy (non-hydrogen) atoms. The minimum absolute atomic E-state index is 0.122. The first-order chi connectivity index (χ1) is 9.94. The molecule has 0 saturated heterocycles. The molecular weight excluding hydrogens is 272 g/mol. The largest absolute Gasteiger partial charge is 0.458 e. The van der Waals surface area contributed by atoms with E-state index < -0.39 is 17.4 Å². The highest BCUT2D eigenvalue weighted by molar-refractivity contribution is 6.35. The molecule has 6 nitrogen and oxygen atoms in total. The number of rotatable bonds is 4. The van der Waals surface area contributed by atoms with Crippen molar-refractivity contribution in [1.29, 1.82) is 0 Å². The van der Waals surface area contributed by atoms with Gasteiger partial charge in [0.15, 0.2) is 0 Å². The van der Waals surface area contributed by atoms with Gasteiger partial charge in [0, 0.05) is 11.9 Å². The molecule has 0 radical (unpaired) electrons. The predicted octanol–water partition coefficient (Wildman–Crippen LogP) is 0.893. The highest BCUT2D eigenvalue weighted by Gasteiger charge is 2.29. The van der Waals surface area contributed by atoms with Crippen molar-refractivity contribution in [1.82, 2.24) is 10.6 Å². The third-order valence-electron chi connectivity index (χ3n) is 3.09. The Morgan fingerprint density at radius 3 is 2.57 bits per heavy atom. The number of hydrogen-bond acceptors (Lipinski definition) is 4. The van der Waals surface area contributed by atoms with Gasteiger partial charge in [-0.05, 0) is 26.0 Å². The van der Waals surface area contributed by atoms with Gasteiger partial charge in [0.25, 0.3) is 0 Å². The summed E-state index contributed by atoms with van der Waals surface area (Å²) in [5.41, 5.74) is -0.746. The third-order valence-corrected chi connectivity index (χ3v) is 3.09. The van der Waals surface area contributed by atoms with Gasteiger partial charge in [-0.3, -0.25) is 9.59 Å². The van der Waals surface area contributed by atoms with Crippen LogP contribution in [0.1, 0.15) is 19.6 Å². The van der Waals surface area contributed by atoms with Crippen LogP contribution in [0, 0.1) is 0 Å². The van der Waals surface area contributed by atoms with Gasteiger partial charge >= 0.3 is 11.8 Å². The number of fused-ring (bicyclic) bond motifs is 1. The normalized spacial score (nSPS) is 13.7. The molecule has 112 valence electrons.